The molecular weight excluding hydrogens is 146 g/mol. The van der Waals surface area contributed by atoms with Crippen LogP contribution in [-0.2, 0) is 0 Å². The lowest BCUT2D eigenvalue weighted by atomic mass is 9.76. The van der Waals surface area contributed by atoms with Gasteiger partial charge in [0.15, 0.2) is 0 Å². The third-order valence-corrected chi connectivity index (χ3v) is 3.61. The van der Waals surface area contributed by atoms with Crippen molar-refractivity contribution < 1.29 is 0 Å². The summed E-state index contributed by atoms with van der Waals surface area (Å²) < 4.78 is 0. The van der Waals surface area contributed by atoms with Crippen molar-refractivity contribution in [2.45, 2.75) is 46.1 Å². The molecule has 2 rings (SSSR count). The molecule has 3 unspecified atom stereocenters. The molecule has 12 heavy (non-hydrogen) atoms. The first kappa shape index (κ1) is 8.55. The van der Waals surface area contributed by atoms with E-state index in [1.54, 1.807) is 0 Å². The standard InChI is InChI=1S/C11H21N/c1-11(2,3)10-9-5-4-8(6-9)7-12-10/h8-10,12H,4-7H2,1-3H3. The zero-order valence-electron chi connectivity index (χ0n) is 8.56. The van der Waals surface area contributed by atoms with Gasteiger partial charge in [-0.1, -0.05) is 20.8 Å². The van der Waals surface area contributed by atoms with Crippen LogP contribution in [0.25, 0.3) is 0 Å². The highest BCUT2D eigenvalue weighted by atomic mass is 15.0. The van der Waals surface area contributed by atoms with Crippen LogP contribution in [0.15, 0.2) is 0 Å². The summed E-state index contributed by atoms with van der Waals surface area (Å²) in [7, 11) is 0. The molecule has 0 radical (unpaired) electrons. The molecule has 2 bridgehead atoms. The van der Waals surface area contributed by atoms with Crippen molar-refractivity contribution in [2.75, 3.05) is 6.54 Å². The van der Waals surface area contributed by atoms with Gasteiger partial charge in [0.25, 0.3) is 0 Å². The highest BCUT2D eigenvalue weighted by molar-refractivity contribution is 4.96. The lowest BCUT2D eigenvalue weighted by molar-refractivity contribution is 0.163. The summed E-state index contributed by atoms with van der Waals surface area (Å²) >= 11 is 0. The topological polar surface area (TPSA) is 12.0 Å². The van der Waals surface area contributed by atoms with Crippen molar-refractivity contribution in [1.82, 2.24) is 5.32 Å². The van der Waals surface area contributed by atoms with Crippen LogP contribution in [-0.4, -0.2) is 12.6 Å². The highest BCUT2D eigenvalue weighted by Gasteiger charge is 2.40. The van der Waals surface area contributed by atoms with E-state index in [-0.39, 0.29) is 0 Å². The maximum atomic E-state index is 3.72. The van der Waals surface area contributed by atoms with Gasteiger partial charge in [-0.2, -0.15) is 0 Å². The second-order valence-electron chi connectivity index (χ2n) is 5.69. The van der Waals surface area contributed by atoms with E-state index in [1.165, 1.54) is 25.8 Å². The number of rotatable bonds is 0. The average Bonchev–Trinajstić information content (AvgIpc) is 2.30. The second-order valence-corrected chi connectivity index (χ2v) is 5.69. The maximum absolute atomic E-state index is 3.72. The Morgan fingerprint density at radius 1 is 1.17 bits per heavy atom. The number of nitrogens with one attached hydrogen (secondary N) is 1. The van der Waals surface area contributed by atoms with Crippen LogP contribution in [0.5, 0.6) is 0 Å². The quantitative estimate of drug-likeness (QED) is 0.584. The summed E-state index contributed by atoms with van der Waals surface area (Å²) in [6.45, 7) is 8.37. The minimum Gasteiger partial charge on any atom is -0.313 e. The normalized spacial score (nSPS) is 41.8. The Morgan fingerprint density at radius 3 is 2.58 bits per heavy atom. The predicted octanol–water partition coefficient (Wildman–Crippen LogP) is 2.42. The molecule has 2 aliphatic rings. The fourth-order valence-corrected chi connectivity index (χ4v) is 3.08. The van der Waals surface area contributed by atoms with Gasteiger partial charge < -0.3 is 5.32 Å². The first-order valence-corrected chi connectivity index (χ1v) is 5.31. The Kier molecular flexibility index (Phi) is 1.95. The van der Waals surface area contributed by atoms with E-state index in [9.17, 15) is 0 Å². The van der Waals surface area contributed by atoms with Gasteiger partial charge in [0, 0.05) is 6.04 Å². The van der Waals surface area contributed by atoms with Crippen molar-refractivity contribution in [3.63, 3.8) is 0 Å². The summed E-state index contributed by atoms with van der Waals surface area (Å²) in [5, 5.41) is 3.72. The van der Waals surface area contributed by atoms with Crippen LogP contribution < -0.4 is 5.32 Å². The molecule has 0 aromatic carbocycles. The van der Waals surface area contributed by atoms with Gasteiger partial charge in [0.1, 0.15) is 0 Å². The molecule has 1 saturated carbocycles. The van der Waals surface area contributed by atoms with Crippen LogP contribution in [0.4, 0.5) is 0 Å². The van der Waals surface area contributed by atoms with Crippen LogP contribution in [0.3, 0.4) is 0 Å². The molecule has 3 atom stereocenters. The van der Waals surface area contributed by atoms with E-state index in [0.29, 0.717) is 5.41 Å². The maximum Gasteiger partial charge on any atom is 0.0144 e. The van der Waals surface area contributed by atoms with E-state index in [4.69, 9.17) is 0 Å². The fraction of sp³-hybridized carbons (Fsp3) is 1.00. The first-order valence-electron chi connectivity index (χ1n) is 5.31. The summed E-state index contributed by atoms with van der Waals surface area (Å²) in [6.07, 6.45) is 4.44. The number of piperidine rings is 1. The van der Waals surface area contributed by atoms with E-state index in [2.05, 4.69) is 26.1 Å². The molecule has 1 aliphatic carbocycles. The lowest BCUT2D eigenvalue weighted by Gasteiger charge is -2.39. The summed E-state index contributed by atoms with van der Waals surface area (Å²) in [6, 6.07) is 0.774. The van der Waals surface area contributed by atoms with E-state index >= 15 is 0 Å². The fourth-order valence-electron chi connectivity index (χ4n) is 3.08. The largest absolute Gasteiger partial charge is 0.313 e. The molecule has 1 N–H and O–H groups in total. The molecule has 1 nitrogen and oxygen atoms in total. The zero-order chi connectivity index (χ0) is 8.77. The van der Waals surface area contributed by atoms with Crippen LogP contribution in [0.2, 0.25) is 0 Å². The van der Waals surface area contributed by atoms with Gasteiger partial charge in [-0.25, -0.2) is 0 Å². The van der Waals surface area contributed by atoms with Crippen molar-refractivity contribution in [1.29, 1.82) is 0 Å². The third kappa shape index (κ3) is 1.39. The Hall–Kier alpha value is -0.0400. The van der Waals surface area contributed by atoms with Gasteiger partial charge in [0.2, 0.25) is 0 Å². The van der Waals surface area contributed by atoms with Gasteiger partial charge in [-0.3, -0.25) is 0 Å². The Labute approximate surface area is 75.9 Å². The number of hydrogen-bond acceptors (Lipinski definition) is 1. The molecule has 1 heterocycles. The Bertz CT molecular complexity index is 168. The molecule has 0 spiro atoms. The second kappa shape index (κ2) is 2.73. The average molecular weight is 167 g/mol. The molecule has 1 aliphatic heterocycles. The highest BCUT2D eigenvalue weighted by Crippen LogP contribution is 2.41. The van der Waals surface area contributed by atoms with Gasteiger partial charge in [0.05, 0.1) is 0 Å². The summed E-state index contributed by atoms with van der Waals surface area (Å²) in [5.41, 5.74) is 0.458. The molecule has 1 saturated heterocycles. The van der Waals surface area contributed by atoms with Crippen molar-refractivity contribution in [2.24, 2.45) is 17.3 Å². The van der Waals surface area contributed by atoms with Gasteiger partial charge in [-0.05, 0) is 43.1 Å². The van der Waals surface area contributed by atoms with Crippen molar-refractivity contribution in [3.8, 4) is 0 Å². The summed E-state index contributed by atoms with van der Waals surface area (Å²) in [5.74, 6) is 1.98. The molecular formula is C11H21N. The molecule has 0 aromatic heterocycles. The lowest BCUT2D eigenvalue weighted by Crippen LogP contribution is -2.49. The van der Waals surface area contributed by atoms with Gasteiger partial charge >= 0.3 is 0 Å². The SMILES string of the molecule is CC(C)(C)C1NCC2CCC1C2. The number of hydrogen-bond donors (Lipinski definition) is 1. The molecule has 70 valence electrons. The minimum absolute atomic E-state index is 0.458. The monoisotopic (exact) mass is 167 g/mol. The smallest absolute Gasteiger partial charge is 0.0144 e. The first-order chi connectivity index (χ1) is 5.57. The molecule has 1 heteroatoms. The van der Waals surface area contributed by atoms with Crippen molar-refractivity contribution in [3.05, 3.63) is 0 Å². The van der Waals surface area contributed by atoms with Crippen molar-refractivity contribution >= 4 is 0 Å². The third-order valence-electron chi connectivity index (χ3n) is 3.61. The van der Waals surface area contributed by atoms with E-state index in [0.717, 1.165) is 17.9 Å². The number of fused-ring (bicyclic) bond motifs is 2. The van der Waals surface area contributed by atoms with Gasteiger partial charge in [-0.15, -0.1) is 0 Å². The zero-order valence-corrected chi connectivity index (χ0v) is 8.56. The Balaban J connectivity index is 2.07. The minimum atomic E-state index is 0.458. The Morgan fingerprint density at radius 2 is 1.92 bits per heavy atom. The van der Waals surface area contributed by atoms with Crippen LogP contribution in [0.1, 0.15) is 40.0 Å². The van der Waals surface area contributed by atoms with E-state index < -0.39 is 0 Å². The van der Waals surface area contributed by atoms with E-state index in [1.807, 2.05) is 0 Å². The molecule has 0 amide bonds. The predicted molar refractivity (Wildman–Crippen MR) is 52.1 cm³/mol. The molecule has 2 fully saturated rings. The summed E-state index contributed by atoms with van der Waals surface area (Å²) in [4.78, 5) is 0. The van der Waals surface area contributed by atoms with Crippen LogP contribution in [0, 0.1) is 17.3 Å². The molecule has 0 aromatic rings. The van der Waals surface area contributed by atoms with Crippen LogP contribution >= 0.6 is 0 Å².